The van der Waals surface area contributed by atoms with Crippen LogP contribution in [0.15, 0.2) is 12.7 Å². The summed E-state index contributed by atoms with van der Waals surface area (Å²) in [7, 11) is 0. The summed E-state index contributed by atoms with van der Waals surface area (Å²) in [6.45, 7) is 7.41. The Morgan fingerprint density at radius 3 is 2.20 bits per heavy atom. The van der Waals surface area contributed by atoms with E-state index in [9.17, 15) is 9.59 Å². The second kappa shape index (κ2) is 8.84. The van der Waals surface area contributed by atoms with Crippen molar-refractivity contribution in [1.29, 1.82) is 0 Å². The van der Waals surface area contributed by atoms with Gasteiger partial charge in [0.05, 0.1) is 6.04 Å². The smallest absolute Gasteiger partial charge is 0.237 e. The van der Waals surface area contributed by atoms with E-state index < -0.39 is 0 Å². The molecule has 5 nitrogen and oxygen atoms in total. The molecular formula is C20H33N3O2. The molecule has 2 aliphatic carbocycles. The minimum Gasteiger partial charge on any atom is -0.351 e. The van der Waals surface area contributed by atoms with Gasteiger partial charge in [-0.1, -0.05) is 31.8 Å². The van der Waals surface area contributed by atoms with Gasteiger partial charge < -0.3 is 10.2 Å². The largest absolute Gasteiger partial charge is 0.351 e. The highest BCUT2D eigenvalue weighted by Gasteiger charge is 2.38. The molecule has 3 fully saturated rings. The van der Waals surface area contributed by atoms with Crippen molar-refractivity contribution >= 4 is 11.8 Å². The molecule has 1 atom stereocenters. The van der Waals surface area contributed by atoms with E-state index in [1.807, 2.05) is 4.90 Å². The molecule has 1 saturated heterocycles. The van der Waals surface area contributed by atoms with E-state index in [1.165, 1.54) is 25.7 Å². The number of hydrogen-bond acceptors (Lipinski definition) is 3. The van der Waals surface area contributed by atoms with Gasteiger partial charge in [-0.2, -0.15) is 0 Å². The Labute approximate surface area is 151 Å². The molecular weight excluding hydrogens is 314 g/mol. The second-order valence-electron chi connectivity index (χ2n) is 7.87. The number of rotatable bonds is 6. The van der Waals surface area contributed by atoms with Crippen molar-refractivity contribution in [3.63, 3.8) is 0 Å². The molecule has 0 bridgehead atoms. The maximum Gasteiger partial charge on any atom is 0.237 e. The fourth-order valence-corrected chi connectivity index (χ4v) is 4.88. The zero-order valence-corrected chi connectivity index (χ0v) is 15.4. The number of nitrogens with one attached hydrogen (secondary N) is 1. The van der Waals surface area contributed by atoms with E-state index in [0.717, 1.165) is 51.9 Å². The van der Waals surface area contributed by atoms with Crippen molar-refractivity contribution in [2.45, 2.75) is 57.4 Å². The molecule has 0 aromatic carbocycles. The van der Waals surface area contributed by atoms with Gasteiger partial charge >= 0.3 is 0 Å². The van der Waals surface area contributed by atoms with Crippen molar-refractivity contribution in [2.24, 2.45) is 11.8 Å². The van der Waals surface area contributed by atoms with E-state index in [2.05, 4.69) is 16.8 Å². The molecule has 0 aromatic rings. The summed E-state index contributed by atoms with van der Waals surface area (Å²) in [5.41, 5.74) is 0. The van der Waals surface area contributed by atoms with E-state index in [-0.39, 0.29) is 17.9 Å². The van der Waals surface area contributed by atoms with Gasteiger partial charge in [0.15, 0.2) is 0 Å². The Balaban J connectivity index is 1.58. The molecule has 2 saturated carbocycles. The SMILES string of the molecule is C=CCNC(=O)[C@@H](C1CCCC1)N1CCN(C(=O)C2CCCC2)CC1. The van der Waals surface area contributed by atoms with E-state index >= 15 is 0 Å². The minimum atomic E-state index is -0.0359. The number of amides is 2. The summed E-state index contributed by atoms with van der Waals surface area (Å²) in [5, 5.41) is 3.01. The van der Waals surface area contributed by atoms with Crippen molar-refractivity contribution in [2.75, 3.05) is 32.7 Å². The van der Waals surface area contributed by atoms with Gasteiger partial charge in [-0.3, -0.25) is 14.5 Å². The molecule has 0 spiro atoms. The topological polar surface area (TPSA) is 52.7 Å². The van der Waals surface area contributed by atoms with Gasteiger partial charge in [-0.25, -0.2) is 0 Å². The van der Waals surface area contributed by atoms with Gasteiger partial charge in [-0.05, 0) is 31.6 Å². The van der Waals surface area contributed by atoms with Crippen LogP contribution in [0, 0.1) is 11.8 Å². The van der Waals surface area contributed by atoms with Gasteiger partial charge in [0.2, 0.25) is 11.8 Å². The molecule has 3 rings (SSSR count). The maximum atomic E-state index is 12.7. The quantitative estimate of drug-likeness (QED) is 0.749. The summed E-state index contributed by atoms with van der Waals surface area (Å²) in [4.78, 5) is 29.7. The van der Waals surface area contributed by atoms with Crippen LogP contribution in [0.2, 0.25) is 0 Å². The number of carbonyl (C=O) groups excluding carboxylic acids is 2. The zero-order chi connectivity index (χ0) is 17.6. The fourth-order valence-electron chi connectivity index (χ4n) is 4.88. The zero-order valence-electron chi connectivity index (χ0n) is 15.4. The predicted molar refractivity (Wildman–Crippen MR) is 99.1 cm³/mol. The molecule has 0 radical (unpaired) electrons. The minimum absolute atomic E-state index is 0.0359. The first-order valence-electron chi connectivity index (χ1n) is 10.1. The summed E-state index contributed by atoms with van der Waals surface area (Å²) in [6, 6.07) is -0.0359. The van der Waals surface area contributed by atoms with Crippen LogP contribution in [0.1, 0.15) is 51.4 Å². The van der Waals surface area contributed by atoms with Gasteiger partial charge in [0.25, 0.3) is 0 Å². The molecule has 5 heteroatoms. The Morgan fingerprint density at radius 2 is 1.60 bits per heavy atom. The standard InChI is InChI=1S/C20H33N3O2/c1-2-11-21-19(24)18(16-7-3-4-8-16)22-12-14-23(15-13-22)20(25)17-9-5-6-10-17/h2,16-18H,1,3-15H2,(H,21,24)/t18-/m1/s1. The Morgan fingerprint density at radius 1 is 1.00 bits per heavy atom. The average Bonchev–Trinajstić information content (AvgIpc) is 3.34. The maximum absolute atomic E-state index is 12.7. The average molecular weight is 348 g/mol. The van der Waals surface area contributed by atoms with Crippen molar-refractivity contribution in [3.05, 3.63) is 12.7 Å². The lowest BCUT2D eigenvalue weighted by molar-refractivity contribution is -0.138. The molecule has 1 N–H and O–H groups in total. The lowest BCUT2D eigenvalue weighted by Gasteiger charge is -2.41. The second-order valence-corrected chi connectivity index (χ2v) is 7.87. The number of carbonyl (C=O) groups is 2. The fraction of sp³-hybridized carbons (Fsp3) is 0.800. The van der Waals surface area contributed by atoms with Gasteiger partial charge in [-0.15, -0.1) is 6.58 Å². The first-order valence-corrected chi connectivity index (χ1v) is 10.1. The Hall–Kier alpha value is -1.36. The third-order valence-electron chi connectivity index (χ3n) is 6.26. The van der Waals surface area contributed by atoms with Crippen LogP contribution in [0.25, 0.3) is 0 Å². The molecule has 0 aromatic heterocycles. The highest BCUT2D eigenvalue weighted by molar-refractivity contribution is 5.82. The molecule has 3 aliphatic rings. The molecule has 1 heterocycles. The highest BCUT2D eigenvalue weighted by atomic mass is 16.2. The van der Waals surface area contributed by atoms with Crippen LogP contribution < -0.4 is 5.32 Å². The highest BCUT2D eigenvalue weighted by Crippen LogP contribution is 2.32. The van der Waals surface area contributed by atoms with Crippen molar-refractivity contribution in [1.82, 2.24) is 15.1 Å². The van der Waals surface area contributed by atoms with Gasteiger partial charge in [0, 0.05) is 38.6 Å². The molecule has 0 unspecified atom stereocenters. The van der Waals surface area contributed by atoms with Crippen LogP contribution in [-0.4, -0.2) is 60.4 Å². The lowest BCUT2D eigenvalue weighted by atomic mass is 9.94. The Bertz CT molecular complexity index is 473. The van der Waals surface area contributed by atoms with E-state index in [0.29, 0.717) is 18.4 Å². The number of piperazine rings is 1. The number of nitrogens with zero attached hydrogens (tertiary/aromatic N) is 2. The molecule has 1 aliphatic heterocycles. The predicted octanol–water partition coefficient (Wildman–Crippen LogP) is 2.18. The van der Waals surface area contributed by atoms with Crippen molar-refractivity contribution < 1.29 is 9.59 Å². The first-order chi connectivity index (χ1) is 12.2. The van der Waals surface area contributed by atoms with Crippen LogP contribution in [0.4, 0.5) is 0 Å². The summed E-state index contributed by atoms with van der Waals surface area (Å²) in [6.07, 6.45) is 11.0. The third-order valence-corrected chi connectivity index (χ3v) is 6.26. The summed E-state index contributed by atoms with van der Waals surface area (Å²) >= 11 is 0. The normalized spacial score (nSPS) is 24.4. The van der Waals surface area contributed by atoms with Crippen LogP contribution in [0.5, 0.6) is 0 Å². The van der Waals surface area contributed by atoms with Crippen LogP contribution in [-0.2, 0) is 9.59 Å². The molecule has 140 valence electrons. The number of hydrogen-bond donors (Lipinski definition) is 1. The van der Waals surface area contributed by atoms with E-state index in [4.69, 9.17) is 0 Å². The molecule has 25 heavy (non-hydrogen) atoms. The monoisotopic (exact) mass is 347 g/mol. The van der Waals surface area contributed by atoms with Crippen molar-refractivity contribution in [3.8, 4) is 0 Å². The lowest BCUT2D eigenvalue weighted by Crippen LogP contribution is -2.58. The van der Waals surface area contributed by atoms with Crippen LogP contribution in [0.3, 0.4) is 0 Å². The van der Waals surface area contributed by atoms with Gasteiger partial charge in [0.1, 0.15) is 0 Å². The Kier molecular flexibility index (Phi) is 6.51. The first kappa shape index (κ1) is 18.4. The van der Waals surface area contributed by atoms with Crippen LogP contribution >= 0.6 is 0 Å². The third kappa shape index (κ3) is 4.43. The summed E-state index contributed by atoms with van der Waals surface area (Å²) in [5.74, 6) is 1.21. The summed E-state index contributed by atoms with van der Waals surface area (Å²) < 4.78 is 0. The molecule has 2 amide bonds. The van der Waals surface area contributed by atoms with E-state index in [1.54, 1.807) is 6.08 Å².